The number of aromatic nitrogens is 4. The molecule has 3 aromatic rings. The zero-order valence-corrected chi connectivity index (χ0v) is 15.7. The number of hydrogen-bond acceptors (Lipinski definition) is 5. The third-order valence-electron chi connectivity index (χ3n) is 4.13. The molecule has 156 valence electrons. The summed E-state index contributed by atoms with van der Waals surface area (Å²) in [7, 11) is 0. The summed E-state index contributed by atoms with van der Waals surface area (Å²) in [6.45, 7) is 3.76. The van der Waals surface area contributed by atoms with Crippen molar-refractivity contribution in [3.8, 4) is 17.0 Å². The summed E-state index contributed by atoms with van der Waals surface area (Å²) in [4.78, 5) is 4.18. The van der Waals surface area contributed by atoms with Gasteiger partial charge in [0.15, 0.2) is 11.8 Å². The van der Waals surface area contributed by atoms with Gasteiger partial charge >= 0.3 is 12.3 Å². The minimum atomic E-state index is -4.49. The number of benzene rings is 1. The summed E-state index contributed by atoms with van der Waals surface area (Å²) < 4.78 is 76.7. The van der Waals surface area contributed by atoms with Crippen LogP contribution in [0.25, 0.3) is 16.9 Å². The van der Waals surface area contributed by atoms with Crippen LogP contribution in [0.15, 0.2) is 30.6 Å². The number of halogens is 5. The molecule has 0 aliphatic rings. The molecule has 0 fully saturated rings. The molecule has 29 heavy (non-hydrogen) atoms. The smallest absolute Gasteiger partial charge is 0.425 e. The topological polar surface area (TPSA) is 61.5 Å². The Labute approximate surface area is 162 Å². The molecule has 0 amide bonds. The highest BCUT2D eigenvalue weighted by atomic mass is 19.4. The summed E-state index contributed by atoms with van der Waals surface area (Å²) in [5.41, 5.74) is 1.48. The first kappa shape index (κ1) is 20.9. The molecule has 0 spiro atoms. The number of ether oxygens (including phenoxy) is 2. The van der Waals surface area contributed by atoms with Crippen molar-refractivity contribution in [2.24, 2.45) is 0 Å². The van der Waals surface area contributed by atoms with Gasteiger partial charge < -0.3 is 9.47 Å². The molecule has 0 aliphatic carbocycles. The van der Waals surface area contributed by atoms with Crippen LogP contribution in [0, 0.1) is 6.92 Å². The second-order valence-electron chi connectivity index (χ2n) is 6.25. The monoisotopic (exact) mass is 416 g/mol. The Bertz CT molecular complexity index is 1020. The first-order chi connectivity index (χ1) is 13.5. The molecule has 0 radical (unpaired) electrons. The molecule has 1 aromatic carbocycles. The first-order valence-electron chi connectivity index (χ1n) is 8.60. The van der Waals surface area contributed by atoms with E-state index in [1.165, 1.54) is 37.5 Å². The highest BCUT2D eigenvalue weighted by molar-refractivity contribution is 5.65. The van der Waals surface area contributed by atoms with E-state index in [9.17, 15) is 22.0 Å². The lowest BCUT2D eigenvalue weighted by Crippen LogP contribution is -2.31. The Balaban J connectivity index is 1.96. The Morgan fingerprint density at radius 1 is 1.14 bits per heavy atom. The van der Waals surface area contributed by atoms with Crippen molar-refractivity contribution in [3.63, 3.8) is 0 Å². The fourth-order valence-corrected chi connectivity index (χ4v) is 2.65. The predicted octanol–water partition coefficient (Wildman–Crippen LogP) is 4.52. The second-order valence-corrected chi connectivity index (χ2v) is 6.25. The maximum atomic E-state index is 14.1. The van der Waals surface area contributed by atoms with Gasteiger partial charge in [0.05, 0.1) is 18.5 Å². The lowest BCUT2D eigenvalue weighted by molar-refractivity contribution is -0.251. The Morgan fingerprint density at radius 3 is 2.48 bits per heavy atom. The highest BCUT2D eigenvalue weighted by Crippen LogP contribution is 2.31. The SMILES string of the molecule is CCOC(F)(F)c1nnc2cnc(-c3ccc(O[C@H](C)C(F)(F)F)cc3C)cn12. The zero-order valence-electron chi connectivity index (χ0n) is 15.7. The molecular weight excluding hydrogens is 399 g/mol. The van der Waals surface area contributed by atoms with Gasteiger partial charge in [-0.05, 0) is 44.5 Å². The van der Waals surface area contributed by atoms with Gasteiger partial charge in [-0.1, -0.05) is 0 Å². The largest absolute Gasteiger partial charge is 0.481 e. The van der Waals surface area contributed by atoms with E-state index in [0.29, 0.717) is 16.8 Å². The number of fused-ring (bicyclic) bond motifs is 1. The Hall–Kier alpha value is -2.82. The number of hydrogen-bond donors (Lipinski definition) is 0. The van der Waals surface area contributed by atoms with Crippen molar-refractivity contribution >= 4 is 5.65 Å². The van der Waals surface area contributed by atoms with E-state index in [0.717, 1.165) is 11.3 Å². The lowest BCUT2D eigenvalue weighted by atomic mass is 10.1. The fraction of sp³-hybridized carbons (Fsp3) is 0.389. The van der Waals surface area contributed by atoms with Gasteiger partial charge in [-0.25, -0.2) is 0 Å². The van der Waals surface area contributed by atoms with E-state index < -0.39 is 24.2 Å². The Morgan fingerprint density at radius 2 is 1.86 bits per heavy atom. The van der Waals surface area contributed by atoms with Gasteiger partial charge in [-0.15, -0.1) is 10.2 Å². The third-order valence-corrected chi connectivity index (χ3v) is 4.13. The second kappa shape index (κ2) is 7.54. The van der Waals surface area contributed by atoms with E-state index in [-0.39, 0.29) is 18.0 Å². The van der Waals surface area contributed by atoms with Gasteiger partial charge in [0.25, 0.3) is 0 Å². The summed E-state index contributed by atoms with van der Waals surface area (Å²) >= 11 is 0. The lowest BCUT2D eigenvalue weighted by Gasteiger charge is -2.18. The summed E-state index contributed by atoms with van der Waals surface area (Å²) in [6, 6.07) is 4.29. The standard InChI is InChI=1S/C18H17F5N4O2/c1-4-28-18(22,23)16-26-25-15-8-24-14(9-27(15)16)13-6-5-12(7-10(13)2)29-11(3)17(19,20)21/h5-9,11H,4H2,1-3H3/t11-/m1/s1. The third kappa shape index (κ3) is 4.29. The fourth-order valence-electron chi connectivity index (χ4n) is 2.65. The zero-order chi connectivity index (χ0) is 21.4. The maximum absolute atomic E-state index is 14.1. The van der Waals surface area contributed by atoms with Crippen LogP contribution in [0.3, 0.4) is 0 Å². The number of nitrogens with zero attached hydrogens (tertiary/aromatic N) is 4. The minimum Gasteiger partial charge on any atom is -0.481 e. The summed E-state index contributed by atoms with van der Waals surface area (Å²) in [6.07, 6.45) is -7.52. The number of rotatable bonds is 6. The number of alkyl halides is 5. The summed E-state index contributed by atoms with van der Waals surface area (Å²) in [5, 5.41) is 7.14. The minimum absolute atomic E-state index is 0.0324. The molecule has 0 saturated heterocycles. The van der Waals surface area contributed by atoms with Crippen LogP contribution in [0.1, 0.15) is 25.2 Å². The van der Waals surface area contributed by atoms with Crippen molar-refractivity contribution in [3.05, 3.63) is 42.0 Å². The molecule has 0 saturated carbocycles. The molecule has 0 unspecified atom stereocenters. The molecule has 6 nitrogen and oxygen atoms in total. The van der Waals surface area contributed by atoms with Gasteiger partial charge in [0, 0.05) is 11.8 Å². The quantitative estimate of drug-likeness (QED) is 0.553. The molecule has 0 aliphatic heterocycles. The molecule has 0 bridgehead atoms. The van der Waals surface area contributed by atoms with Gasteiger partial charge in [0.2, 0.25) is 5.82 Å². The average molecular weight is 416 g/mol. The van der Waals surface area contributed by atoms with Crippen molar-refractivity contribution in [1.29, 1.82) is 0 Å². The van der Waals surface area contributed by atoms with Gasteiger partial charge in [-0.2, -0.15) is 22.0 Å². The molecule has 0 N–H and O–H groups in total. The van der Waals surface area contributed by atoms with Crippen LogP contribution in [0.2, 0.25) is 0 Å². The Kier molecular flexibility index (Phi) is 5.44. The molecule has 11 heteroatoms. The van der Waals surface area contributed by atoms with Gasteiger partial charge in [0.1, 0.15) is 5.75 Å². The van der Waals surface area contributed by atoms with E-state index in [2.05, 4.69) is 19.9 Å². The highest BCUT2D eigenvalue weighted by Gasteiger charge is 2.39. The molecule has 1 atom stereocenters. The number of aryl methyl sites for hydroxylation is 1. The van der Waals surface area contributed by atoms with Crippen LogP contribution < -0.4 is 4.74 Å². The first-order valence-corrected chi connectivity index (χ1v) is 8.60. The molecule has 2 aromatic heterocycles. The van der Waals surface area contributed by atoms with Gasteiger partial charge in [-0.3, -0.25) is 9.38 Å². The van der Waals surface area contributed by atoms with E-state index in [1.54, 1.807) is 6.92 Å². The van der Waals surface area contributed by atoms with Crippen LogP contribution in [0.5, 0.6) is 5.75 Å². The van der Waals surface area contributed by atoms with Crippen molar-refractivity contribution in [2.45, 2.75) is 39.2 Å². The molecule has 3 rings (SSSR count). The molecular formula is C18H17F5N4O2. The van der Waals surface area contributed by atoms with Crippen molar-refractivity contribution < 1.29 is 31.4 Å². The summed E-state index contributed by atoms with van der Waals surface area (Å²) in [5.74, 6) is -0.667. The van der Waals surface area contributed by atoms with Crippen LogP contribution in [-0.2, 0) is 10.8 Å². The van der Waals surface area contributed by atoms with Crippen LogP contribution >= 0.6 is 0 Å². The van der Waals surface area contributed by atoms with Crippen molar-refractivity contribution in [2.75, 3.05) is 6.61 Å². The van der Waals surface area contributed by atoms with Crippen LogP contribution in [-0.4, -0.2) is 38.5 Å². The maximum Gasteiger partial charge on any atom is 0.425 e. The van der Waals surface area contributed by atoms with Crippen LogP contribution in [0.4, 0.5) is 22.0 Å². The van der Waals surface area contributed by atoms with E-state index in [1.807, 2.05) is 0 Å². The molecule has 2 heterocycles. The van der Waals surface area contributed by atoms with Crippen molar-refractivity contribution in [1.82, 2.24) is 19.6 Å². The normalized spacial score (nSPS) is 13.7. The van der Waals surface area contributed by atoms with E-state index >= 15 is 0 Å². The average Bonchev–Trinajstić information content (AvgIpc) is 3.05. The predicted molar refractivity (Wildman–Crippen MR) is 92.6 cm³/mol. The van der Waals surface area contributed by atoms with E-state index in [4.69, 9.17) is 4.74 Å².